The van der Waals surface area contributed by atoms with Crippen molar-refractivity contribution in [2.45, 2.75) is 23.5 Å². The van der Waals surface area contributed by atoms with Crippen LogP contribution >= 0.6 is 23.1 Å². The number of nitriles is 2. The van der Waals surface area contributed by atoms with Crippen molar-refractivity contribution in [1.29, 1.82) is 10.5 Å². The van der Waals surface area contributed by atoms with E-state index in [0.717, 1.165) is 16.2 Å². The number of aliphatic hydroxyl groups is 1. The van der Waals surface area contributed by atoms with Crippen LogP contribution in [0.3, 0.4) is 0 Å². The molecule has 1 aromatic carbocycles. The van der Waals surface area contributed by atoms with Crippen molar-refractivity contribution in [2.24, 2.45) is 0 Å². The molecule has 0 saturated carbocycles. The quantitative estimate of drug-likeness (QED) is 0.408. The third-order valence-corrected chi connectivity index (χ3v) is 9.50. The monoisotopic (exact) mass is 535 g/mol. The molecule has 2 aromatic heterocycles. The smallest absolute Gasteiger partial charge is 0.320 e. The van der Waals surface area contributed by atoms with Crippen LogP contribution in [0.1, 0.15) is 40.1 Å². The number of benzene rings is 1. The van der Waals surface area contributed by atoms with Crippen LogP contribution in [-0.2, 0) is 10.5 Å². The minimum absolute atomic E-state index is 0.0434. The number of para-hydroxylation sites is 1. The molecule has 1 atom stereocenters. The average Bonchev–Trinajstić information content (AvgIpc) is 3.41. The van der Waals surface area contributed by atoms with Crippen LogP contribution in [0.5, 0.6) is 11.8 Å². The second-order valence-electron chi connectivity index (χ2n) is 8.78. The Balaban J connectivity index is 1.55. The highest BCUT2D eigenvalue weighted by Crippen LogP contribution is 2.58. The van der Waals surface area contributed by atoms with Gasteiger partial charge < -0.3 is 30.5 Å². The van der Waals surface area contributed by atoms with Gasteiger partial charge in [0.1, 0.15) is 28.5 Å². The number of phenolic OH excluding ortho intramolecular Hbond substituents is 1. The van der Waals surface area contributed by atoms with E-state index in [1.54, 1.807) is 40.9 Å². The zero-order chi connectivity index (χ0) is 26.3. The van der Waals surface area contributed by atoms with Crippen molar-refractivity contribution in [3.63, 3.8) is 0 Å². The van der Waals surface area contributed by atoms with Crippen molar-refractivity contribution >= 4 is 39.7 Å². The van der Waals surface area contributed by atoms with Crippen molar-refractivity contribution in [3.8, 4) is 23.9 Å². The van der Waals surface area contributed by atoms with E-state index in [9.17, 15) is 20.7 Å². The first kappa shape index (κ1) is 25.0. The Hall–Kier alpha value is -3.71. The number of aromatic hydroxyl groups is 1. The molecular formula is C25H25N7O3S2. The predicted molar refractivity (Wildman–Crippen MR) is 143 cm³/mol. The van der Waals surface area contributed by atoms with Gasteiger partial charge in [0.2, 0.25) is 0 Å². The van der Waals surface area contributed by atoms with Crippen molar-refractivity contribution in [3.05, 3.63) is 51.4 Å². The van der Waals surface area contributed by atoms with Crippen LogP contribution < -0.4 is 20.3 Å². The summed E-state index contributed by atoms with van der Waals surface area (Å²) in [5, 5.41) is 41.3. The first-order valence-electron chi connectivity index (χ1n) is 11.6. The van der Waals surface area contributed by atoms with Crippen LogP contribution in [0, 0.1) is 22.7 Å². The SMILES string of the molecule is CCN(c1nc(OC)nc(N2CC3(C2)SCc2sc(N)c(C#N)c23)c1C#N)C(CO)c1ccccc1O. The Morgan fingerprint density at radius 3 is 2.59 bits per heavy atom. The highest BCUT2D eigenvalue weighted by atomic mass is 32.2. The number of nitrogens with zero attached hydrogens (tertiary/aromatic N) is 6. The van der Waals surface area contributed by atoms with Gasteiger partial charge in [0.05, 0.1) is 30.1 Å². The van der Waals surface area contributed by atoms with Gasteiger partial charge in [-0.15, -0.1) is 23.1 Å². The van der Waals surface area contributed by atoms with Gasteiger partial charge in [0.15, 0.2) is 11.6 Å². The number of nitrogens with two attached hydrogens (primary N) is 1. The third-order valence-electron chi connectivity index (χ3n) is 6.85. The summed E-state index contributed by atoms with van der Waals surface area (Å²) in [5.74, 6) is 1.58. The van der Waals surface area contributed by atoms with Crippen LogP contribution in [-0.4, -0.2) is 53.5 Å². The van der Waals surface area contributed by atoms with Gasteiger partial charge in [-0.05, 0) is 13.0 Å². The molecule has 4 N–H and O–H groups in total. The van der Waals surface area contributed by atoms with Crippen LogP contribution in [0.4, 0.5) is 16.6 Å². The number of thioether (sulfide) groups is 1. The van der Waals surface area contributed by atoms with Gasteiger partial charge in [-0.25, -0.2) is 0 Å². The summed E-state index contributed by atoms with van der Waals surface area (Å²) in [6.07, 6.45) is 0. The maximum absolute atomic E-state index is 10.5. The molecule has 3 aromatic rings. The molecule has 37 heavy (non-hydrogen) atoms. The Bertz CT molecular complexity index is 1440. The molecule has 4 heterocycles. The molecule has 2 aliphatic rings. The van der Waals surface area contributed by atoms with Gasteiger partial charge in [0.25, 0.3) is 0 Å². The normalized spacial score (nSPS) is 16.0. The summed E-state index contributed by atoms with van der Waals surface area (Å²) in [4.78, 5) is 13.9. The summed E-state index contributed by atoms with van der Waals surface area (Å²) in [6.45, 7) is 3.09. The molecule has 12 heteroatoms. The Labute approximate surface area is 222 Å². The van der Waals surface area contributed by atoms with Gasteiger partial charge in [0, 0.05) is 41.4 Å². The number of nitrogen functional groups attached to an aromatic ring is 1. The first-order valence-corrected chi connectivity index (χ1v) is 13.4. The van der Waals surface area contributed by atoms with E-state index in [2.05, 4.69) is 22.1 Å². The fraction of sp³-hybridized carbons (Fsp3) is 0.360. The number of rotatable bonds is 7. The molecule has 2 aliphatic heterocycles. The molecular weight excluding hydrogens is 510 g/mol. The Morgan fingerprint density at radius 1 is 1.24 bits per heavy atom. The molecule has 5 rings (SSSR count). The fourth-order valence-electron chi connectivity index (χ4n) is 5.14. The lowest BCUT2D eigenvalue weighted by atomic mass is 9.88. The lowest BCUT2D eigenvalue weighted by Gasteiger charge is -2.48. The second kappa shape index (κ2) is 9.63. The highest BCUT2D eigenvalue weighted by molar-refractivity contribution is 8.00. The number of ether oxygens (including phenoxy) is 1. The number of phenols is 1. The van der Waals surface area contributed by atoms with E-state index < -0.39 is 6.04 Å². The number of likely N-dealkylation sites (N-methyl/N-ethyl adjacent to an activating group) is 1. The molecule has 190 valence electrons. The molecule has 1 fully saturated rings. The van der Waals surface area contributed by atoms with Gasteiger partial charge in [-0.2, -0.15) is 20.5 Å². The Morgan fingerprint density at radius 2 is 1.97 bits per heavy atom. The van der Waals surface area contributed by atoms with E-state index in [1.165, 1.54) is 18.4 Å². The molecule has 0 bridgehead atoms. The summed E-state index contributed by atoms with van der Waals surface area (Å²) in [6, 6.07) is 10.8. The van der Waals surface area contributed by atoms with Crippen LogP contribution in [0.25, 0.3) is 0 Å². The number of methoxy groups -OCH3 is 1. The van der Waals surface area contributed by atoms with Crippen LogP contribution in [0.2, 0.25) is 0 Å². The largest absolute Gasteiger partial charge is 0.508 e. The average molecular weight is 536 g/mol. The summed E-state index contributed by atoms with van der Waals surface area (Å²) in [5.41, 5.74) is 8.44. The molecule has 1 saturated heterocycles. The minimum atomic E-state index is -0.645. The molecule has 0 amide bonds. The second-order valence-corrected chi connectivity index (χ2v) is 11.3. The number of anilines is 3. The lowest BCUT2D eigenvalue weighted by Crippen LogP contribution is -2.57. The first-order chi connectivity index (χ1) is 17.9. The van der Waals surface area contributed by atoms with E-state index >= 15 is 0 Å². The van der Waals surface area contributed by atoms with Gasteiger partial charge in [-0.1, -0.05) is 18.2 Å². The van der Waals surface area contributed by atoms with Crippen molar-refractivity contribution < 1.29 is 14.9 Å². The van der Waals surface area contributed by atoms with Crippen molar-refractivity contribution in [2.75, 3.05) is 48.9 Å². The molecule has 10 nitrogen and oxygen atoms in total. The number of aromatic nitrogens is 2. The number of aliphatic hydroxyl groups excluding tert-OH is 1. The lowest BCUT2D eigenvalue weighted by molar-refractivity contribution is 0.258. The zero-order valence-corrected chi connectivity index (χ0v) is 21.9. The summed E-state index contributed by atoms with van der Waals surface area (Å²) >= 11 is 3.25. The third kappa shape index (κ3) is 3.89. The van der Waals surface area contributed by atoms with Crippen molar-refractivity contribution in [1.82, 2.24) is 9.97 Å². The maximum atomic E-state index is 10.5. The Kier molecular flexibility index (Phi) is 6.50. The van der Waals surface area contributed by atoms with E-state index in [4.69, 9.17) is 10.5 Å². The highest BCUT2D eigenvalue weighted by Gasteiger charge is 2.53. The molecule has 0 radical (unpaired) electrons. The molecule has 1 unspecified atom stereocenters. The summed E-state index contributed by atoms with van der Waals surface area (Å²) < 4.78 is 5.12. The molecule has 0 aliphatic carbocycles. The molecule has 1 spiro atoms. The van der Waals surface area contributed by atoms with E-state index in [0.29, 0.717) is 47.4 Å². The van der Waals surface area contributed by atoms with Gasteiger partial charge >= 0.3 is 6.01 Å². The number of hydrogen-bond donors (Lipinski definition) is 3. The standard InChI is InChI=1S/C25H25N7O3S2/c1-3-32(17(10-33)14-6-4-5-7-18(14)34)23-16(9-27)22(29-24(30-23)35-2)31-12-25(13-31)20-15(8-26)21(28)37-19(20)11-36-25/h4-7,17,33-34H,3,10-13,28H2,1-2H3. The number of fused-ring (bicyclic) bond motifs is 2. The summed E-state index contributed by atoms with van der Waals surface area (Å²) in [7, 11) is 1.46. The minimum Gasteiger partial charge on any atom is -0.508 e. The van der Waals surface area contributed by atoms with Crippen LogP contribution in [0.15, 0.2) is 24.3 Å². The number of thiophene rings is 1. The fourth-order valence-corrected chi connectivity index (χ4v) is 7.94. The topological polar surface area (TPSA) is 156 Å². The zero-order valence-electron chi connectivity index (χ0n) is 20.3. The maximum Gasteiger partial charge on any atom is 0.320 e. The number of hydrogen-bond acceptors (Lipinski definition) is 12. The van der Waals surface area contributed by atoms with E-state index in [-0.39, 0.29) is 28.7 Å². The van der Waals surface area contributed by atoms with Gasteiger partial charge in [-0.3, -0.25) is 0 Å². The predicted octanol–water partition coefficient (Wildman–Crippen LogP) is 3.10. The van der Waals surface area contributed by atoms with E-state index in [1.807, 2.05) is 11.8 Å².